The Labute approximate surface area is 174 Å². The van der Waals surface area contributed by atoms with Crippen LogP contribution in [0.3, 0.4) is 0 Å². The van der Waals surface area contributed by atoms with Gasteiger partial charge in [-0.2, -0.15) is 0 Å². The molecule has 2 aromatic carbocycles. The fraction of sp³-hybridized carbons (Fsp3) is 0.273. The van der Waals surface area contributed by atoms with Gasteiger partial charge in [0.15, 0.2) is 0 Å². The van der Waals surface area contributed by atoms with E-state index < -0.39 is 5.91 Å². The van der Waals surface area contributed by atoms with Gasteiger partial charge >= 0.3 is 0 Å². The summed E-state index contributed by atoms with van der Waals surface area (Å²) < 4.78 is 1.79. The molecule has 0 aliphatic rings. The predicted molar refractivity (Wildman–Crippen MR) is 115 cm³/mol. The van der Waals surface area contributed by atoms with Crippen molar-refractivity contribution in [2.45, 2.75) is 13.1 Å². The molecular weight excluding hydrogens is 390 g/mol. The molecule has 1 heterocycles. The number of halogens is 1. The molecule has 0 bridgehead atoms. The molecule has 1 amide bonds. The van der Waals surface area contributed by atoms with Crippen molar-refractivity contribution in [3.8, 4) is 0 Å². The summed E-state index contributed by atoms with van der Waals surface area (Å²) in [6.45, 7) is 1.53. The zero-order valence-electron chi connectivity index (χ0n) is 16.5. The Bertz CT molecular complexity index is 1080. The van der Waals surface area contributed by atoms with Gasteiger partial charge in [0.05, 0.1) is 12.1 Å². The number of amides is 1. The number of pyridine rings is 1. The van der Waals surface area contributed by atoms with E-state index in [1.807, 2.05) is 49.3 Å². The molecule has 0 spiro atoms. The number of nitrogens with zero attached hydrogens (tertiary/aromatic N) is 2. The Kier molecular flexibility index (Phi) is 6.69. The lowest BCUT2D eigenvalue weighted by atomic mass is 10.1. The van der Waals surface area contributed by atoms with Gasteiger partial charge in [-0.15, -0.1) is 0 Å². The molecule has 3 aromatic rings. The number of fused-ring (bicyclic) bond motifs is 1. The second-order valence-corrected chi connectivity index (χ2v) is 7.54. The van der Waals surface area contributed by atoms with Crippen molar-refractivity contribution >= 4 is 28.4 Å². The standard InChI is InChI=1S/C22H24ClN3O3/c1-25(9-10-27)13-16-5-8-20-18(11-16)21(28)19(14-26(20)2)22(29)24-12-15-3-6-17(23)7-4-15/h3-8,11,14,27H,9-10,12-13H2,1-2H3,(H,24,29). The number of hydrogen-bond acceptors (Lipinski definition) is 4. The van der Waals surface area contributed by atoms with Gasteiger partial charge in [0.25, 0.3) is 5.91 Å². The molecule has 1 aromatic heterocycles. The molecule has 152 valence electrons. The molecule has 0 fully saturated rings. The van der Waals surface area contributed by atoms with E-state index in [-0.39, 0.29) is 17.6 Å². The molecule has 6 nitrogen and oxygen atoms in total. The second kappa shape index (κ2) is 9.22. The van der Waals surface area contributed by atoms with Crippen molar-refractivity contribution in [2.75, 3.05) is 20.2 Å². The highest BCUT2D eigenvalue weighted by Gasteiger charge is 2.15. The molecule has 3 rings (SSSR count). The van der Waals surface area contributed by atoms with Crippen LogP contribution in [0.5, 0.6) is 0 Å². The Morgan fingerprint density at radius 1 is 1.17 bits per heavy atom. The van der Waals surface area contributed by atoms with Crippen LogP contribution in [0.25, 0.3) is 10.9 Å². The fourth-order valence-corrected chi connectivity index (χ4v) is 3.37. The monoisotopic (exact) mass is 413 g/mol. The summed E-state index contributed by atoms with van der Waals surface area (Å²) in [5, 5.41) is 13.0. The third kappa shape index (κ3) is 5.03. The number of carbonyl (C=O) groups is 1. The zero-order valence-corrected chi connectivity index (χ0v) is 17.2. The summed E-state index contributed by atoms with van der Waals surface area (Å²) in [7, 11) is 3.72. The molecule has 0 saturated carbocycles. The van der Waals surface area contributed by atoms with Gasteiger partial charge in [-0.25, -0.2) is 0 Å². The topological polar surface area (TPSA) is 74.6 Å². The lowest BCUT2D eigenvalue weighted by Crippen LogP contribution is -2.29. The van der Waals surface area contributed by atoms with Crippen LogP contribution in [-0.4, -0.2) is 40.7 Å². The predicted octanol–water partition coefficient (Wildman–Crippen LogP) is 2.55. The first kappa shape index (κ1) is 21.0. The van der Waals surface area contributed by atoms with Gasteiger partial charge in [0.1, 0.15) is 5.56 Å². The maximum Gasteiger partial charge on any atom is 0.257 e. The van der Waals surface area contributed by atoms with Gasteiger partial charge in [-0.1, -0.05) is 29.8 Å². The van der Waals surface area contributed by atoms with E-state index in [1.165, 1.54) is 0 Å². The van der Waals surface area contributed by atoms with Crippen LogP contribution in [0.1, 0.15) is 21.5 Å². The average Bonchev–Trinajstić information content (AvgIpc) is 2.70. The van der Waals surface area contributed by atoms with Gasteiger partial charge in [-0.3, -0.25) is 14.5 Å². The van der Waals surface area contributed by atoms with Crippen LogP contribution in [0.15, 0.2) is 53.5 Å². The molecular formula is C22H24ClN3O3. The number of likely N-dealkylation sites (N-methyl/N-ethyl adjacent to an activating group) is 1. The maximum absolute atomic E-state index is 13.0. The van der Waals surface area contributed by atoms with Gasteiger partial charge in [-0.05, 0) is 42.4 Å². The number of aryl methyl sites for hydroxylation is 1. The maximum atomic E-state index is 13.0. The van der Waals surface area contributed by atoms with E-state index in [0.29, 0.717) is 30.0 Å². The molecule has 0 radical (unpaired) electrons. The molecule has 0 unspecified atom stereocenters. The Balaban J connectivity index is 1.87. The third-order valence-electron chi connectivity index (χ3n) is 4.80. The first-order valence-corrected chi connectivity index (χ1v) is 9.71. The van der Waals surface area contributed by atoms with E-state index in [2.05, 4.69) is 5.32 Å². The van der Waals surface area contributed by atoms with E-state index >= 15 is 0 Å². The number of nitrogens with one attached hydrogen (secondary N) is 1. The summed E-state index contributed by atoms with van der Waals surface area (Å²) >= 11 is 5.88. The molecule has 0 aliphatic carbocycles. The SMILES string of the molecule is CN(CCO)Cc1ccc2c(c1)c(=O)c(C(=O)NCc1ccc(Cl)cc1)cn2C. The minimum atomic E-state index is -0.412. The first-order valence-electron chi connectivity index (χ1n) is 9.33. The van der Waals surface area contributed by atoms with E-state index in [9.17, 15) is 9.59 Å². The number of benzene rings is 2. The first-order chi connectivity index (χ1) is 13.9. The van der Waals surface area contributed by atoms with Crippen LogP contribution >= 0.6 is 11.6 Å². The highest BCUT2D eigenvalue weighted by molar-refractivity contribution is 6.30. The summed E-state index contributed by atoms with van der Waals surface area (Å²) in [4.78, 5) is 27.6. The minimum Gasteiger partial charge on any atom is -0.395 e. The summed E-state index contributed by atoms with van der Waals surface area (Å²) in [6.07, 6.45) is 1.57. The number of aromatic nitrogens is 1. The van der Waals surface area contributed by atoms with E-state index in [4.69, 9.17) is 16.7 Å². The van der Waals surface area contributed by atoms with E-state index in [0.717, 1.165) is 16.6 Å². The summed E-state index contributed by atoms with van der Waals surface area (Å²) in [6, 6.07) is 12.8. The Hall–Kier alpha value is -2.67. The van der Waals surface area contributed by atoms with Crippen molar-refractivity contribution in [1.29, 1.82) is 0 Å². The van der Waals surface area contributed by atoms with Crippen LogP contribution < -0.4 is 10.7 Å². The summed E-state index contributed by atoms with van der Waals surface area (Å²) in [5.41, 5.74) is 2.42. The lowest BCUT2D eigenvalue weighted by Gasteiger charge is -2.16. The largest absolute Gasteiger partial charge is 0.395 e. The molecule has 2 N–H and O–H groups in total. The van der Waals surface area contributed by atoms with Crippen molar-refractivity contribution in [3.05, 3.63) is 80.6 Å². The molecule has 29 heavy (non-hydrogen) atoms. The summed E-state index contributed by atoms with van der Waals surface area (Å²) in [5.74, 6) is -0.412. The number of carbonyl (C=O) groups excluding carboxylic acids is 1. The Morgan fingerprint density at radius 2 is 1.86 bits per heavy atom. The molecule has 0 saturated heterocycles. The second-order valence-electron chi connectivity index (χ2n) is 7.10. The smallest absolute Gasteiger partial charge is 0.257 e. The molecule has 7 heteroatoms. The number of rotatable bonds is 7. The van der Waals surface area contributed by atoms with Crippen molar-refractivity contribution in [3.63, 3.8) is 0 Å². The van der Waals surface area contributed by atoms with E-state index in [1.54, 1.807) is 22.9 Å². The van der Waals surface area contributed by atoms with Crippen molar-refractivity contribution in [1.82, 2.24) is 14.8 Å². The number of aliphatic hydroxyl groups is 1. The zero-order chi connectivity index (χ0) is 21.0. The van der Waals surface area contributed by atoms with Crippen LogP contribution in [0, 0.1) is 0 Å². The highest BCUT2D eigenvalue weighted by atomic mass is 35.5. The normalized spacial score (nSPS) is 11.2. The van der Waals surface area contributed by atoms with Crippen LogP contribution in [0.4, 0.5) is 0 Å². The van der Waals surface area contributed by atoms with Crippen LogP contribution in [0.2, 0.25) is 5.02 Å². The number of hydrogen-bond donors (Lipinski definition) is 2. The van der Waals surface area contributed by atoms with Gasteiger partial charge in [0.2, 0.25) is 5.43 Å². The minimum absolute atomic E-state index is 0.0732. The fourth-order valence-electron chi connectivity index (χ4n) is 3.24. The Morgan fingerprint density at radius 3 is 2.55 bits per heavy atom. The average molecular weight is 414 g/mol. The number of aliphatic hydroxyl groups excluding tert-OH is 1. The quantitative estimate of drug-likeness (QED) is 0.624. The van der Waals surface area contributed by atoms with Gasteiger partial charge in [0, 0.05) is 43.3 Å². The van der Waals surface area contributed by atoms with Crippen LogP contribution in [-0.2, 0) is 20.1 Å². The molecule has 0 aliphatic heterocycles. The van der Waals surface area contributed by atoms with Gasteiger partial charge < -0.3 is 15.0 Å². The molecule has 0 atom stereocenters. The van der Waals surface area contributed by atoms with Crippen molar-refractivity contribution in [2.24, 2.45) is 7.05 Å². The lowest BCUT2D eigenvalue weighted by molar-refractivity contribution is 0.0949. The third-order valence-corrected chi connectivity index (χ3v) is 5.05. The van der Waals surface area contributed by atoms with Crippen molar-refractivity contribution < 1.29 is 9.90 Å². The highest BCUT2D eigenvalue weighted by Crippen LogP contribution is 2.15.